The summed E-state index contributed by atoms with van der Waals surface area (Å²) >= 11 is 6.22. The number of hydrogen-bond acceptors (Lipinski definition) is 6. The number of nitrogens with zero attached hydrogens (tertiary/aromatic N) is 6. The number of methoxy groups -OCH3 is 1. The normalized spacial score (nSPS) is 11.0. The highest BCUT2D eigenvalue weighted by atomic mass is 35.5. The van der Waals surface area contributed by atoms with E-state index in [-0.39, 0.29) is 11.6 Å². The van der Waals surface area contributed by atoms with Crippen molar-refractivity contribution >= 4 is 28.4 Å². The lowest BCUT2D eigenvalue weighted by molar-refractivity contribution is 0.0781. The summed E-state index contributed by atoms with van der Waals surface area (Å²) in [5, 5.41) is 5.45. The van der Waals surface area contributed by atoms with E-state index in [1.165, 1.54) is 0 Å². The second-order valence-electron chi connectivity index (χ2n) is 7.34. The maximum absolute atomic E-state index is 13.5. The Morgan fingerprint density at radius 1 is 1.25 bits per heavy atom. The molecule has 0 saturated heterocycles. The Morgan fingerprint density at radius 3 is 2.78 bits per heavy atom. The minimum Gasteiger partial charge on any atom is -0.494 e. The highest BCUT2D eigenvalue weighted by Crippen LogP contribution is 2.29. The molecule has 3 aromatic heterocycles. The van der Waals surface area contributed by atoms with E-state index in [0.717, 1.165) is 17.8 Å². The van der Waals surface area contributed by atoms with Crippen LogP contribution in [0.5, 0.6) is 5.75 Å². The zero-order valence-electron chi connectivity index (χ0n) is 18.3. The number of halogens is 1. The van der Waals surface area contributed by atoms with E-state index in [2.05, 4.69) is 20.1 Å². The Labute approximate surface area is 190 Å². The first-order chi connectivity index (χ1) is 15.4. The summed E-state index contributed by atoms with van der Waals surface area (Å²) in [5.41, 5.74) is 3.32. The van der Waals surface area contributed by atoms with E-state index in [4.69, 9.17) is 16.3 Å². The van der Waals surface area contributed by atoms with Gasteiger partial charge in [-0.1, -0.05) is 11.6 Å². The first-order valence-electron chi connectivity index (χ1n) is 10.2. The minimum absolute atomic E-state index is 0.250. The Balaban J connectivity index is 1.80. The zero-order valence-corrected chi connectivity index (χ0v) is 19.1. The molecule has 0 saturated carbocycles. The highest BCUT2D eigenvalue weighted by Gasteiger charge is 2.22. The highest BCUT2D eigenvalue weighted by molar-refractivity contribution is 6.31. The SMILES string of the molecule is CCn1ncc(CN(C)C(=O)c2nc(-c3ncccc3OC)nc3ccc(Cl)cc23)c1C. The Morgan fingerprint density at radius 2 is 2.06 bits per heavy atom. The van der Waals surface area contributed by atoms with E-state index in [1.807, 2.05) is 18.5 Å². The molecule has 0 fully saturated rings. The molecule has 0 bridgehead atoms. The number of amides is 1. The number of fused-ring (bicyclic) bond motifs is 1. The molecule has 4 aromatic rings. The van der Waals surface area contributed by atoms with E-state index >= 15 is 0 Å². The Bertz CT molecular complexity index is 1300. The van der Waals surface area contributed by atoms with Crippen LogP contribution in [0, 0.1) is 6.92 Å². The predicted molar refractivity (Wildman–Crippen MR) is 123 cm³/mol. The molecule has 4 rings (SSSR count). The molecule has 0 N–H and O–H groups in total. The molecule has 0 aliphatic carbocycles. The maximum atomic E-state index is 13.5. The number of carbonyl (C=O) groups excluding carboxylic acids is 1. The van der Waals surface area contributed by atoms with Crippen molar-refractivity contribution in [1.29, 1.82) is 0 Å². The van der Waals surface area contributed by atoms with Crippen molar-refractivity contribution in [1.82, 2.24) is 29.6 Å². The van der Waals surface area contributed by atoms with Crippen molar-refractivity contribution in [3.63, 3.8) is 0 Å². The average Bonchev–Trinajstić information content (AvgIpc) is 3.16. The van der Waals surface area contributed by atoms with Crippen molar-refractivity contribution in [2.24, 2.45) is 0 Å². The molecule has 1 amide bonds. The van der Waals surface area contributed by atoms with Crippen LogP contribution in [-0.4, -0.2) is 49.7 Å². The molecule has 0 unspecified atom stereocenters. The third-order valence-electron chi connectivity index (χ3n) is 5.32. The van der Waals surface area contributed by atoms with Crippen LogP contribution < -0.4 is 4.74 Å². The van der Waals surface area contributed by atoms with E-state index in [1.54, 1.807) is 61.8 Å². The van der Waals surface area contributed by atoms with Crippen LogP contribution in [0.2, 0.25) is 5.02 Å². The second kappa shape index (κ2) is 8.92. The van der Waals surface area contributed by atoms with Gasteiger partial charge in [0.2, 0.25) is 0 Å². The summed E-state index contributed by atoms with van der Waals surface area (Å²) in [7, 11) is 3.30. The van der Waals surface area contributed by atoms with Gasteiger partial charge in [0, 0.05) is 48.0 Å². The predicted octanol–water partition coefficient (Wildman–Crippen LogP) is 4.15. The van der Waals surface area contributed by atoms with E-state index in [9.17, 15) is 4.79 Å². The van der Waals surface area contributed by atoms with E-state index < -0.39 is 0 Å². The number of carbonyl (C=O) groups is 1. The lowest BCUT2D eigenvalue weighted by atomic mass is 10.1. The minimum atomic E-state index is -0.250. The number of hydrogen-bond donors (Lipinski definition) is 0. The monoisotopic (exact) mass is 450 g/mol. The number of pyridine rings is 1. The van der Waals surface area contributed by atoms with Crippen LogP contribution in [0.4, 0.5) is 0 Å². The van der Waals surface area contributed by atoms with Crippen molar-refractivity contribution in [3.8, 4) is 17.3 Å². The topological polar surface area (TPSA) is 86.0 Å². The molecule has 3 heterocycles. The summed E-state index contributed by atoms with van der Waals surface area (Å²) in [6.07, 6.45) is 3.43. The van der Waals surface area contributed by atoms with Gasteiger partial charge in [-0.2, -0.15) is 5.10 Å². The summed E-state index contributed by atoms with van der Waals surface area (Å²) in [6.45, 7) is 5.20. The Hall–Kier alpha value is -3.52. The smallest absolute Gasteiger partial charge is 0.273 e. The summed E-state index contributed by atoms with van der Waals surface area (Å²) in [6, 6.07) is 8.75. The molecule has 164 valence electrons. The van der Waals surface area contributed by atoms with Crippen LogP contribution in [0.1, 0.15) is 28.7 Å². The van der Waals surface area contributed by atoms with Crippen molar-refractivity contribution in [2.45, 2.75) is 26.9 Å². The van der Waals surface area contributed by atoms with E-state index in [0.29, 0.717) is 39.7 Å². The maximum Gasteiger partial charge on any atom is 0.273 e. The Kier molecular flexibility index (Phi) is 6.05. The molecule has 0 atom stereocenters. The van der Waals surface area contributed by atoms with Gasteiger partial charge in [0.15, 0.2) is 5.82 Å². The number of aryl methyl sites for hydroxylation is 1. The van der Waals surface area contributed by atoms with Gasteiger partial charge >= 0.3 is 0 Å². The van der Waals surface area contributed by atoms with Crippen molar-refractivity contribution in [3.05, 3.63) is 64.7 Å². The molecule has 8 nitrogen and oxygen atoms in total. The molecule has 0 aliphatic rings. The van der Waals surface area contributed by atoms with Gasteiger partial charge in [0.1, 0.15) is 17.1 Å². The quantitative estimate of drug-likeness (QED) is 0.438. The number of benzene rings is 1. The van der Waals surface area contributed by atoms with Crippen LogP contribution in [-0.2, 0) is 13.1 Å². The van der Waals surface area contributed by atoms with Crippen LogP contribution in [0.3, 0.4) is 0 Å². The zero-order chi connectivity index (χ0) is 22.8. The number of rotatable bonds is 6. The van der Waals surface area contributed by atoms with Crippen LogP contribution in [0.25, 0.3) is 22.4 Å². The third kappa shape index (κ3) is 4.01. The van der Waals surface area contributed by atoms with Crippen molar-refractivity contribution in [2.75, 3.05) is 14.2 Å². The lowest BCUT2D eigenvalue weighted by Crippen LogP contribution is -2.28. The first-order valence-corrected chi connectivity index (χ1v) is 10.5. The summed E-state index contributed by atoms with van der Waals surface area (Å²) in [4.78, 5) is 28.7. The van der Waals surface area contributed by atoms with Gasteiger partial charge in [-0.25, -0.2) is 15.0 Å². The number of ether oxygens (including phenoxy) is 1. The standard InChI is InChI=1S/C23H23ClN6O2/c1-5-30-14(2)15(12-26-30)13-29(3)23(31)20-17-11-16(24)8-9-18(17)27-22(28-20)21-19(32-4)7-6-10-25-21/h6-12H,5,13H2,1-4H3. The van der Waals surface area contributed by atoms with Gasteiger partial charge in [-0.3, -0.25) is 9.48 Å². The average molecular weight is 451 g/mol. The fourth-order valence-electron chi connectivity index (χ4n) is 3.56. The van der Waals surface area contributed by atoms with Crippen LogP contribution >= 0.6 is 11.6 Å². The molecular formula is C23H23ClN6O2. The van der Waals surface area contributed by atoms with Gasteiger partial charge in [0.05, 0.1) is 18.8 Å². The fourth-order valence-corrected chi connectivity index (χ4v) is 3.73. The molecule has 32 heavy (non-hydrogen) atoms. The third-order valence-corrected chi connectivity index (χ3v) is 5.56. The molecular weight excluding hydrogens is 428 g/mol. The fraction of sp³-hybridized carbons (Fsp3) is 0.261. The summed E-state index contributed by atoms with van der Waals surface area (Å²) in [5.74, 6) is 0.582. The number of aromatic nitrogens is 5. The molecule has 0 aliphatic heterocycles. The first kappa shape index (κ1) is 21.7. The van der Waals surface area contributed by atoms with Crippen molar-refractivity contribution < 1.29 is 9.53 Å². The molecule has 9 heteroatoms. The lowest BCUT2D eigenvalue weighted by Gasteiger charge is -2.18. The molecule has 0 radical (unpaired) electrons. The van der Waals surface area contributed by atoms with Gasteiger partial charge in [-0.15, -0.1) is 0 Å². The van der Waals surface area contributed by atoms with Gasteiger partial charge < -0.3 is 9.64 Å². The molecule has 1 aromatic carbocycles. The van der Waals surface area contributed by atoms with Crippen LogP contribution in [0.15, 0.2) is 42.7 Å². The van der Waals surface area contributed by atoms with Gasteiger partial charge in [-0.05, 0) is 44.2 Å². The largest absolute Gasteiger partial charge is 0.494 e. The summed E-state index contributed by atoms with van der Waals surface area (Å²) < 4.78 is 7.32. The molecule has 0 spiro atoms. The van der Waals surface area contributed by atoms with Gasteiger partial charge in [0.25, 0.3) is 5.91 Å². The second-order valence-corrected chi connectivity index (χ2v) is 7.78.